The molecule has 4 heterocycles. The van der Waals surface area contributed by atoms with Gasteiger partial charge in [-0.15, -0.1) is 22.7 Å². The summed E-state index contributed by atoms with van der Waals surface area (Å²) >= 11 is 3.81. The number of hydrogen-bond donors (Lipinski definition) is 0. The van der Waals surface area contributed by atoms with Crippen molar-refractivity contribution < 1.29 is 0 Å². The van der Waals surface area contributed by atoms with Crippen LogP contribution in [0.3, 0.4) is 0 Å². The van der Waals surface area contributed by atoms with E-state index < -0.39 is 0 Å². The summed E-state index contributed by atoms with van der Waals surface area (Å²) < 4.78 is 10.3. The fraction of sp³-hybridized carbons (Fsp3) is 0. The number of nitrogens with zero attached hydrogens (tertiary/aromatic N) is 2. The van der Waals surface area contributed by atoms with E-state index in [2.05, 4.69) is 191 Å². The highest BCUT2D eigenvalue weighted by Crippen LogP contribution is 2.47. The van der Waals surface area contributed by atoms with Crippen LogP contribution >= 0.6 is 22.7 Å². The monoisotopic (exact) mass is 746 g/mol. The molecule has 4 heteroatoms. The lowest BCUT2D eigenvalue weighted by Gasteiger charge is -2.12. The van der Waals surface area contributed by atoms with Gasteiger partial charge in [-0.3, -0.25) is 0 Å². The Morgan fingerprint density at radius 2 is 0.929 bits per heavy atom. The minimum Gasteiger partial charge on any atom is -0.309 e. The van der Waals surface area contributed by atoms with Gasteiger partial charge < -0.3 is 9.13 Å². The minimum atomic E-state index is 1.18. The molecule has 56 heavy (non-hydrogen) atoms. The van der Waals surface area contributed by atoms with Gasteiger partial charge in [-0.2, -0.15) is 0 Å². The second-order valence-corrected chi connectivity index (χ2v) is 16.9. The molecule has 0 saturated carbocycles. The van der Waals surface area contributed by atoms with Gasteiger partial charge in [0.05, 0.1) is 27.8 Å². The minimum absolute atomic E-state index is 1.18. The zero-order valence-electron chi connectivity index (χ0n) is 30.0. The summed E-state index contributed by atoms with van der Waals surface area (Å²) in [4.78, 5) is 0. The molecule has 0 aliphatic heterocycles. The van der Waals surface area contributed by atoms with Crippen molar-refractivity contribution in [3.05, 3.63) is 182 Å². The van der Waals surface area contributed by atoms with Crippen LogP contribution in [0.2, 0.25) is 0 Å². The van der Waals surface area contributed by atoms with Gasteiger partial charge in [0.2, 0.25) is 0 Å². The molecule has 0 atom stereocenters. The van der Waals surface area contributed by atoms with E-state index in [9.17, 15) is 0 Å². The van der Waals surface area contributed by atoms with Crippen LogP contribution in [0, 0.1) is 0 Å². The van der Waals surface area contributed by atoms with Gasteiger partial charge in [0.15, 0.2) is 0 Å². The number of thiophene rings is 2. The van der Waals surface area contributed by atoms with Crippen molar-refractivity contribution in [1.29, 1.82) is 0 Å². The third-order valence-electron chi connectivity index (χ3n) is 11.9. The Bertz CT molecular complexity index is 3770. The average molecular weight is 747 g/mol. The number of fused-ring (bicyclic) bond motifs is 14. The first-order valence-electron chi connectivity index (χ1n) is 19.1. The number of aromatic nitrogens is 2. The highest BCUT2D eigenvalue weighted by atomic mass is 32.1. The lowest BCUT2D eigenvalue weighted by Crippen LogP contribution is -1.96. The lowest BCUT2D eigenvalue weighted by atomic mass is 10.0. The second-order valence-electron chi connectivity index (χ2n) is 14.8. The first kappa shape index (κ1) is 30.6. The highest BCUT2D eigenvalue weighted by Gasteiger charge is 2.22. The molecular weight excluding hydrogens is 717 g/mol. The molecule has 0 aliphatic rings. The maximum Gasteiger partial charge on any atom is 0.0641 e. The molecular formula is C52H30N2S2. The van der Waals surface area contributed by atoms with Gasteiger partial charge in [-0.05, 0) is 53.9 Å². The van der Waals surface area contributed by atoms with Crippen molar-refractivity contribution in [2.45, 2.75) is 0 Å². The van der Waals surface area contributed by atoms with Crippen LogP contribution in [0.25, 0.3) is 117 Å². The van der Waals surface area contributed by atoms with Gasteiger partial charge in [0.1, 0.15) is 0 Å². The van der Waals surface area contributed by atoms with Gasteiger partial charge in [0.25, 0.3) is 0 Å². The molecule has 0 radical (unpaired) electrons. The fourth-order valence-corrected chi connectivity index (χ4v) is 12.0. The molecule has 0 aliphatic carbocycles. The Balaban J connectivity index is 1.10. The van der Waals surface area contributed by atoms with E-state index in [1.807, 2.05) is 22.7 Å². The predicted molar refractivity (Wildman–Crippen MR) is 244 cm³/mol. The molecule has 0 unspecified atom stereocenters. The van der Waals surface area contributed by atoms with E-state index in [0.29, 0.717) is 0 Å². The number of para-hydroxylation sites is 2. The van der Waals surface area contributed by atoms with Crippen molar-refractivity contribution in [1.82, 2.24) is 9.13 Å². The number of rotatable bonds is 3. The van der Waals surface area contributed by atoms with Crippen LogP contribution in [0.5, 0.6) is 0 Å². The molecule has 260 valence electrons. The van der Waals surface area contributed by atoms with Gasteiger partial charge in [-0.25, -0.2) is 0 Å². The third kappa shape index (κ3) is 4.09. The Labute approximate surface area is 329 Å². The Morgan fingerprint density at radius 1 is 0.339 bits per heavy atom. The van der Waals surface area contributed by atoms with Crippen molar-refractivity contribution in [2.75, 3.05) is 0 Å². The second kappa shape index (κ2) is 11.4. The van der Waals surface area contributed by atoms with Crippen LogP contribution in [-0.2, 0) is 0 Å². The molecule has 0 bridgehead atoms. The summed E-state index contributed by atoms with van der Waals surface area (Å²) in [5, 5.41) is 12.8. The van der Waals surface area contributed by atoms with Crippen molar-refractivity contribution in [3.8, 4) is 22.5 Å². The molecule has 2 nitrogen and oxygen atoms in total. The van der Waals surface area contributed by atoms with Crippen molar-refractivity contribution >= 4 is 117 Å². The normalized spacial score (nSPS) is 12.3. The summed E-state index contributed by atoms with van der Waals surface area (Å²) in [6.07, 6.45) is 0. The quantitative estimate of drug-likeness (QED) is 0.170. The third-order valence-corrected chi connectivity index (χ3v) is 14.4. The number of hydrogen-bond acceptors (Lipinski definition) is 2. The lowest BCUT2D eigenvalue weighted by molar-refractivity contribution is 1.19. The van der Waals surface area contributed by atoms with E-state index in [0.717, 1.165) is 0 Å². The van der Waals surface area contributed by atoms with Crippen LogP contribution in [0.4, 0.5) is 0 Å². The first-order chi connectivity index (χ1) is 27.8. The zero-order valence-corrected chi connectivity index (χ0v) is 31.7. The molecule has 0 spiro atoms. The largest absolute Gasteiger partial charge is 0.309 e. The molecule has 13 rings (SSSR count). The van der Waals surface area contributed by atoms with Gasteiger partial charge in [0, 0.05) is 84.1 Å². The first-order valence-corrected chi connectivity index (χ1v) is 20.7. The predicted octanol–water partition coefficient (Wildman–Crippen LogP) is 15.4. The molecule has 9 aromatic carbocycles. The summed E-state index contributed by atoms with van der Waals surface area (Å²) in [6.45, 7) is 0. The van der Waals surface area contributed by atoms with E-state index in [-0.39, 0.29) is 0 Å². The van der Waals surface area contributed by atoms with Crippen molar-refractivity contribution in [2.24, 2.45) is 0 Å². The standard InChI is InChI=1S/C52H30N2S2/c1-2-14-33-31(12-1)13-9-24-43(33)54-45-23-7-4-17-41(45)49-46(54)28-27-36-34-15-3-6-22-44(34)53(50(36)49)32-26-29-48-42(30-32)40-21-11-20-39(52(40)56-48)38-19-10-18-37-35-16-5-8-25-47(35)55-51(37)38/h1-30H. The fourth-order valence-electron chi connectivity index (χ4n) is 9.54. The highest BCUT2D eigenvalue weighted by molar-refractivity contribution is 7.27. The summed E-state index contributed by atoms with van der Waals surface area (Å²) in [5.74, 6) is 0. The maximum atomic E-state index is 2.53. The summed E-state index contributed by atoms with van der Waals surface area (Å²) in [7, 11) is 0. The van der Waals surface area contributed by atoms with Crippen LogP contribution < -0.4 is 0 Å². The Hall–Kier alpha value is -6.72. The van der Waals surface area contributed by atoms with E-state index in [1.165, 1.54) is 117 Å². The van der Waals surface area contributed by atoms with E-state index in [1.54, 1.807) is 0 Å². The Morgan fingerprint density at radius 3 is 1.73 bits per heavy atom. The molecule has 0 fully saturated rings. The van der Waals surface area contributed by atoms with Crippen LogP contribution in [0.1, 0.15) is 0 Å². The summed E-state index contributed by atoms with van der Waals surface area (Å²) in [5.41, 5.74) is 9.88. The van der Waals surface area contributed by atoms with E-state index >= 15 is 0 Å². The maximum absolute atomic E-state index is 2.53. The Kier molecular flexibility index (Phi) is 6.23. The smallest absolute Gasteiger partial charge is 0.0641 e. The van der Waals surface area contributed by atoms with Crippen LogP contribution in [0.15, 0.2) is 182 Å². The molecule has 13 aromatic rings. The van der Waals surface area contributed by atoms with Crippen molar-refractivity contribution in [3.63, 3.8) is 0 Å². The topological polar surface area (TPSA) is 9.86 Å². The molecule has 0 N–H and O–H groups in total. The van der Waals surface area contributed by atoms with Gasteiger partial charge >= 0.3 is 0 Å². The van der Waals surface area contributed by atoms with Crippen LogP contribution in [-0.4, -0.2) is 9.13 Å². The average Bonchev–Trinajstić information content (AvgIpc) is 4.01. The molecule has 0 saturated heterocycles. The molecule has 0 amide bonds. The summed E-state index contributed by atoms with van der Waals surface area (Å²) in [6, 6.07) is 67.5. The number of benzene rings is 9. The van der Waals surface area contributed by atoms with Gasteiger partial charge in [-0.1, -0.05) is 133 Å². The van der Waals surface area contributed by atoms with E-state index in [4.69, 9.17) is 0 Å². The molecule has 4 aromatic heterocycles. The SMILES string of the molecule is c1ccc2c(-n3c4ccccc4c4c3ccc3c5ccccc5n(-c5ccc6sc7c(-c8cccc9c8sc8ccccc89)cccc7c6c5)c34)cccc2c1. The zero-order chi connectivity index (χ0) is 36.5.